The molecular formula is C19H16FN3O5. The number of aromatic amines is 1. The van der Waals surface area contributed by atoms with Crippen LogP contribution >= 0.6 is 0 Å². The molecule has 1 heterocycles. The van der Waals surface area contributed by atoms with E-state index in [2.05, 4.69) is 10.4 Å². The number of esters is 1. The van der Waals surface area contributed by atoms with Gasteiger partial charge in [-0.05, 0) is 43.3 Å². The maximum atomic E-state index is 12.9. The SMILES string of the molecule is C[C@H](OC(=O)Cn1[nH]c(=O)c2ccccc2c1=O)C(=O)Nc1ccc(F)cc1. The second-order valence-electron chi connectivity index (χ2n) is 6.01. The van der Waals surface area contributed by atoms with E-state index in [4.69, 9.17) is 4.74 Å². The fourth-order valence-corrected chi connectivity index (χ4v) is 2.55. The van der Waals surface area contributed by atoms with Gasteiger partial charge in [0.25, 0.3) is 17.0 Å². The highest BCUT2D eigenvalue weighted by Crippen LogP contribution is 2.09. The maximum absolute atomic E-state index is 12.9. The van der Waals surface area contributed by atoms with Gasteiger partial charge >= 0.3 is 5.97 Å². The van der Waals surface area contributed by atoms with Crippen LogP contribution in [0, 0.1) is 5.82 Å². The number of aromatic nitrogens is 2. The second-order valence-corrected chi connectivity index (χ2v) is 6.01. The molecule has 0 radical (unpaired) electrons. The Hall–Kier alpha value is -3.75. The van der Waals surface area contributed by atoms with E-state index in [9.17, 15) is 23.6 Å². The van der Waals surface area contributed by atoms with Crippen molar-refractivity contribution in [2.24, 2.45) is 0 Å². The summed E-state index contributed by atoms with van der Waals surface area (Å²) in [6.07, 6.45) is -1.17. The van der Waals surface area contributed by atoms with Gasteiger partial charge in [-0.2, -0.15) is 0 Å². The summed E-state index contributed by atoms with van der Waals surface area (Å²) in [7, 11) is 0. The molecule has 3 rings (SSSR count). The number of hydrogen-bond acceptors (Lipinski definition) is 5. The Morgan fingerprint density at radius 1 is 1.11 bits per heavy atom. The lowest BCUT2D eigenvalue weighted by Gasteiger charge is -2.14. The molecule has 0 saturated carbocycles. The van der Waals surface area contributed by atoms with Crippen molar-refractivity contribution in [3.8, 4) is 0 Å². The van der Waals surface area contributed by atoms with E-state index >= 15 is 0 Å². The van der Waals surface area contributed by atoms with E-state index in [1.165, 1.54) is 43.3 Å². The Bertz CT molecular complexity index is 1150. The van der Waals surface area contributed by atoms with E-state index in [0.29, 0.717) is 5.69 Å². The molecule has 0 fully saturated rings. The Morgan fingerprint density at radius 3 is 2.43 bits per heavy atom. The van der Waals surface area contributed by atoms with E-state index in [0.717, 1.165) is 4.68 Å². The van der Waals surface area contributed by atoms with Crippen LogP contribution in [0.2, 0.25) is 0 Å². The molecule has 9 heteroatoms. The quantitative estimate of drug-likeness (QED) is 0.645. The lowest BCUT2D eigenvalue weighted by atomic mass is 10.2. The van der Waals surface area contributed by atoms with Gasteiger partial charge in [0.1, 0.15) is 12.4 Å². The van der Waals surface area contributed by atoms with E-state index < -0.39 is 41.5 Å². The van der Waals surface area contributed by atoms with Gasteiger partial charge in [-0.25, -0.2) is 9.07 Å². The Kier molecular flexibility index (Phi) is 5.35. The molecule has 28 heavy (non-hydrogen) atoms. The highest BCUT2D eigenvalue weighted by Gasteiger charge is 2.19. The van der Waals surface area contributed by atoms with E-state index in [1.54, 1.807) is 12.1 Å². The maximum Gasteiger partial charge on any atom is 0.328 e. The van der Waals surface area contributed by atoms with Crippen LogP contribution in [0.5, 0.6) is 0 Å². The molecule has 3 aromatic rings. The number of anilines is 1. The smallest absolute Gasteiger partial charge is 0.328 e. The summed E-state index contributed by atoms with van der Waals surface area (Å²) in [5.74, 6) is -1.96. The summed E-state index contributed by atoms with van der Waals surface area (Å²) in [4.78, 5) is 48.6. The second kappa shape index (κ2) is 7.87. The highest BCUT2D eigenvalue weighted by atomic mass is 19.1. The van der Waals surface area contributed by atoms with Crippen LogP contribution in [0.15, 0.2) is 58.1 Å². The third-order valence-electron chi connectivity index (χ3n) is 3.96. The van der Waals surface area contributed by atoms with Crippen LogP contribution in [-0.4, -0.2) is 27.8 Å². The highest BCUT2D eigenvalue weighted by molar-refractivity contribution is 5.95. The zero-order valence-electron chi connectivity index (χ0n) is 14.8. The van der Waals surface area contributed by atoms with Crippen molar-refractivity contribution < 1.29 is 18.7 Å². The predicted molar refractivity (Wildman–Crippen MR) is 99.4 cm³/mol. The number of nitrogens with zero attached hydrogens (tertiary/aromatic N) is 1. The number of ether oxygens (including phenoxy) is 1. The number of carbonyl (C=O) groups excluding carboxylic acids is 2. The number of H-pyrrole nitrogens is 1. The van der Waals surface area contributed by atoms with Gasteiger partial charge in [0, 0.05) is 5.69 Å². The zero-order valence-corrected chi connectivity index (χ0v) is 14.8. The summed E-state index contributed by atoms with van der Waals surface area (Å²) >= 11 is 0. The number of nitrogens with one attached hydrogen (secondary N) is 2. The molecule has 0 aliphatic rings. The van der Waals surface area contributed by atoms with Crippen LogP contribution in [-0.2, 0) is 20.9 Å². The van der Waals surface area contributed by atoms with Crippen molar-refractivity contribution in [2.45, 2.75) is 19.6 Å². The van der Waals surface area contributed by atoms with Crippen molar-refractivity contribution in [3.05, 3.63) is 75.1 Å². The zero-order chi connectivity index (χ0) is 20.3. The summed E-state index contributed by atoms with van der Waals surface area (Å²) in [5, 5.41) is 5.16. The number of amides is 1. The summed E-state index contributed by atoms with van der Waals surface area (Å²) in [6, 6.07) is 11.3. The number of rotatable bonds is 5. The van der Waals surface area contributed by atoms with Crippen LogP contribution in [0.25, 0.3) is 10.8 Å². The first-order valence-electron chi connectivity index (χ1n) is 8.33. The average Bonchev–Trinajstić information content (AvgIpc) is 2.67. The van der Waals surface area contributed by atoms with Crippen LogP contribution in [0.1, 0.15) is 6.92 Å². The largest absolute Gasteiger partial charge is 0.451 e. The molecule has 1 atom stereocenters. The van der Waals surface area contributed by atoms with Gasteiger partial charge in [-0.3, -0.25) is 24.3 Å². The Labute approximate surface area is 157 Å². The van der Waals surface area contributed by atoms with Crippen molar-refractivity contribution in [3.63, 3.8) is 0 Å². The van der Waals surface area contributed by atoms with E-state index in [1.807, 2.05) is 0 Å². The molecule has 0 saturated heterocycles. The molecule has 1 amide bonds. The molecular weight excluding hydrogens is 369 g/mol. The minimum atomic E-state index is -1.17. The molecule has 1 aromatic heterocycles. The molecule has 2 aromatic carbocycles. The summed E-state index contributed by atoms with van der Waals surface area (Å²) in [5.41, 5.74) is -0.745. The van der Waals surface area contributed by atoms with Gasteiger partial charge in [-0.15, -0.1) is 0 Å². The number of carbonyl (C=O) groups is 2. The first-order chi connectivity index (χ1) is 13.3. The number of halogens is 1. The summed E-state index contributed by atoms with van der Waals surface area (Å²) < 4.78 is 18.7. The van der Waals surface area contributed by atoms with Gasteiger partial charge in [0.15, 0.2) is 6.10 Å². The van der Waals surface area contributed by atoms with Gasteiger partial charge < -0.3 is 10.1 Å². The first kappa shape index (κ1) is 19.0. The van der Waals surface area contributed by atoms with Crippen molar-refractivity contribution in [2.75, 3.05) is 5.32 Å². The van der Waals surface area contributed by atoms with Crippen molar-refractivity contribution >= 4 is 28.3 Å². The molecule has 2 N–H and O–H groups in total. The normalized spacial score (nSPS) is 11.8. The average molecular weight is 385 g/mol. The van der Waals surface area contributed by atoms with Crippen molar-refractivity contribution in [1.29, 1.82) is 0 Å². The lowest BCUT2D eigenvalue weighted by molar-refractivity contribution is -0.154. The molecule has 0 bridgehead atoms. The Morgan fingerprint density at radius 2 is 1.75 bits per heavy atom. The molecule has 0 aliphatic carbocycles. The molecule has 8 nitrogen and oxygen atoms in total. The number of fused-ring (bicyclic) bond motifs is 1. The summed E-state index contributed by atoms with van der Waals surface area (Å²) in [6.45, 7) is 0.787. The minimum Gasteiger partial charge on any atom is -0.451 e. The third-order valence-corrected chi connectivity index (χ3v) is 3.96. The number of benzene rings is 2. The predicted octanol–water partition coefficient (Wildman–Crippen LogP) is 1.40. The first-order valence-corrected chi connectivity index (χ1v) is 8.33. The monoisotopic (exact) mass is 385 g/mol. The third kappa shape index (κ3) is 4.14. The van der Waals surface area contributed by atoms with Crippen LogP contribution < -0.4 is 16.4 Å². The van der Waals surface area contributed by atoms with Gasteiger partial charge in [0.2, 0.25) is 0 Å². The molecule has 0 unspecified atom stereocenters. The topological polar surface area (TPSA) is 110 Å². The van der Waals surface area contributed by atoms with Crippen molar-refractivity contribution in [1.82, 2.24) is 9.78 Å². The van der Waals surface area contributed by atoms with E-state index in [-0.39, 0.29) is 10.8 Å². The van der Waals surface area contributed by atoms with Crippen LogP contribution in [0.4, 0.5) is 10.1 Å². The minimum absolute atomic E-state index is 0.168. The number of hydrogen-bond donors (Lipinski definition) is 2. The molecule has 144 valence electrons. The van der Waals surface area contributed by atoms with Gasteiger partial charge in [-0.1, -0.05) is 12.1 Å². The fraction of sp³-hybridized carbons (Fsp3) is 0.158. The molecule has 0 aliphatic heterocycles. The fourth-order valence-electron chi connectivity index (χ4n) is 2.55. The lowest BCUT2D eigenvalue weighted by Crippen LogP contribution is -2.35. The van der Waals surface area contributed by atoms with Crippen LogP contribution in [0.3, 0.4) is 0 Å². The molecule has 0 spiro atoms. The Balaban J connectivity index is 1.68. The van der Waals surface area contributed by atoms with Gasteiger partial charge in [0.05, 0.1) is 10.8 Å². The standard InChI is InChI=1S/C19H16FN3O5/c1-11(17(25)21-13-8-6-12(20)7-9-13)28-16(24)10-23-19(27)15-5-3-2-4-14(15)18(26)22-23/h2-9,11H,10H2,1H3,(H,21,25)(H,22,26)/t11-/m0/s1.